The number of hydrogen-bond acceptors (Lipinski definition) is 5. The van der Waals surface area contributed by atoms with Crippen molar-refractivity contribution in [2.24, 2.45) is 0 Å². The van der Waals surface area contributed by atoms with Crippen LogP contribution in [0.2, 0.25) is 0 Å². The molecule has 0 unspecified atom stereocenters. The second-order valence-electron chi connectivity index (χ2n) is 7.54. The Hall–Kier alpha value is -1.68. The summed E-state index contributed by atoms with van der Waals surface area (Å²) in [6.07, 6.45) is -0.452. The molecular formula is C18H31BrF2N2O5. The van der Waals surface area contributed by atoms with Crippen molar-refractivity contribution in [3.63, 3.8) is 0 Å². The molecule has 0 aromatic rings. The Balaban J connectivity index is 0. The van der Waals surface area contributed by atoms with Crippen LogP contribution in [0.25, 0.3) is 0 Å². The summed E-state index contributed by atoms with van der Waals surface area (Å²) in [6, 6.07) is 0. The first-order chi connectivity index (χ1) is 12.8. The number of aliphatic hydroxyl groups is 1. The number of rotatable bonds is 6. The van der Waals surface area contributed by atoms with Gasteiger partial charge >= 0.3 is 12.2 Å². The second kappa shape index (κ2) is 14.3. The van der Waals surface area contributed by atoms with Crippen LogP contribution in [0.1, 0.15) is 41.5 Å². The van der Waals surface area contributed by atoms with E-state index in [1.807, 2.05) is 0 Å². The van der Waals surface area contributed by atoms with Crippen LogP contribution in [-0.4, -0.2) is 53.5 Å². The molecule has 0 aliphatic heterocycles. The van der Waals surface area contributed by atoms with E-state index in [-0.39, 0.29) is 25.0 Å². The summed E-state index contributed by atoms with van der Waals surface area (Å²) in [5.41, 5.74) is -0.562. The van der Waals surface area contributed by atoms with Crippen LogP contribution in [0.5, 0.6) is 0 Å². The molecule has 7 nitrogen and oxygen atoms in total. The highest BCUT2D eigenvalue weighted by molar-refractivity contribution is 9.09. The largest absolute Gasteiger partial charge is 0.444 e. The van der Waals surface area contributed by atoms with E-state index in [1.165, 1.54) is 0 Å². The van der Waals surface area contributed by atoms with Gasteiger partial charge in [0.1, 0.15) is 11.2 Å². The van der Waals surface area contributed by atoms with Crippen LogP contribution in [0.15, 0.2) is 23.8 Å². The Morgan fingerprint density at radius 1 is 0.893 bits per heavy atom. The normalized spacial score (nSPS) is 12.5. The fourth-order valence-corrected chi connectivity index (χ4v) is 1.56. The van der Waals surface area contributed by atoms with Crippen LogP contribution >= 0.6 is 15.9 Å². The number of alkyl halides is 1. The van der Waals surface area contributed by atoms with E-state index in [4.69, 9.17) is 14.6 Å². The van der Waals surface area contributed by atoms with Gasteiger partial charge in [-0.25, -0.2) is 18.4 Å². The predicted molar refractivity (Wildman–Crippen MR) is 108 cm³/mol. The maximum absolute atomic E-state index is 12.1. The second-order valence-corrected chi connectivity index (χ2v) is 8.10. The lowest BCUT2D eigenvalue weighted by Gasteiger charge is -2.19. The summed E-state index contributed by atoms with van der Waals surface area (Å²) in [5, 5.41) is 13.7. The first kappa shape index (κ1) is 28.5. The Labute approximate surface area is 173 Å². The molecule has 0 spiro atoms. The Morgan fingerprint density at radius 2 is 1.25 bits per heavy atom. The molecule has 0 bridgehead atoms. The molecule has 0 aliphatic carbocycles. The van der Waals surface area contributed by atoms with Gasteiger partial charge in [0.15, 0.2) is 0 Å². The minimum atomic E-state index is -0.634. The first-order valence-corrected chi connectivity index (χ1v) is 9.56. The molecule has 164 valence electrons. The number of amides is 2. The van der Waals surface area contributed by atoms with Crippen molar-refractivity contribution in [1.29, 1.82) is 0 Å². The van der Waals surface area contributed by atoms with E-state index in [0.717, 1.165) is 0 Å². The van der Waals surface area contributed by atoms with Gasteiger partial charge in [-0.1, -0.05) is 15.9 Å². The number of nitrogens with one attached hydrogen (secondary N) is 2. The van der Waals surface area contributed by atoms with E-state index < -0.39 is 30.0 Å². The van der Waals surface area contributed by atoms with Crippen LogP contribution in [0.4, 0.5) is 18.4 Å². The molecule has 0 aliphatic rings. The Kier molecular flexibility index (Phi) is 14.6. The van der Waals surface area contributed by atoms with E-state index in [9.17, 15) is 18.4 Å². The molecular weight excluding hydrogens is 442 g/mol. The summed E-state index contributed by atoms with van der Waals surface area (Å²) in [6.45, 7) is 10.2. The van der Waals surface area contributed by atoms with Crippen molar-refractivity contribution < 1.29 is 33.0 Å². The zero-order chi connectivity index (χ0) is 22.4. The molecule has 10 heteroatoms. The lowest BCUT2D eigenvalue weighted by Crippen LogP contribution is -2.33. The van der Waals surface area contributed by atoms with E-state index in [2.05, 4.69) is 26.6 Å². The number of alkyl carbamates (subject to hydrolysis) is 2. The highest BCUT2D eigenvalue weighted by Gasteiger charge is 2.16. The number of aliphatic hydroxyl groups excluding tert-OH is 1. The summed E-state index contributed by atoms with van der Waals surface area (Å²) in [7, 11) is 0. The number of hydrogen-bond donors (Lipinski definition) is 3. The molecule has 0 heterocycles. The van der Waals surface area contributed by atoms with Crippen LogP contribution in [0, 0.1) is 0 Å². The maximum Gasteiger partial charge on any atom is 0.407 e. The molecule has 0 atom stereocenters. The van der Waals surface area contributed by atoms with Crippen molar-refractivity contribution >= 4 is 28.1 Å². The number of halogens is 3. The fraction of sp³-hybridized carbons (Fsp3) is 0.667. The molecule has 28 heavy (non-hydrogen) atoms. The smallest absolute Gasteiger partial charge is 0.407 e. The van der Waals surface area contributed by atoms with Gasteiger partial charge in [-0.05, 0) is 47.1 Å². The first-order valence-electron chi connectivity index (χ1n) is 8.44. The minimum Gasteiger partial charge on any atom is -0.444 e. The number of carbonyl (C=O) groups is 2. The predicted octanol–water partition coefficient (Wildman–Crippen LogP) is 4.12. The zero-order valence-electron chi connectivity index (χ0n) is 17.2. The average Bonchev–Trinajstić information content (AvgIpc) is 2.54. The molecule has 0 rings (SSSR count). The van der Waals surface area contributed by atoms with Crippen molar-refractivity contribution in [2.45, 2.75) is 52.7 Å². The molecule has 0 saturated carbocycles. The number of ether oxygens (including phenoxy) is 2. The molecule has 0 aromatic heterocycles. The Bertz CT molecular complexity index is 493. The molecule has 3 N–H and O–H groups in total. The molecule has 0 aromatic carbocycles. The number of carbonyl (C=O) groups excluding carboxylic acids is 2. The molecule has 2 amide bonds. The lowest BCUT2D eigenvalue weighted by molar-refractivity contribution is 0.0520. The topological polar surface area (TPSA) is 96.9 Å². The van der Waals surface area contributed by atoms with Gasteiger partial charge in [0.25, 0.3) is 0 Å². The fourth-order valence-electron chi connectivity index (χ4n) is 1.24. The summed E-state index contributed by atoms with van der Waals surface area (Å²) >= 11 is 3.09. The van der Waals surface area contributed by atoms with Crippen molar-refractivity contribution in [3.8, 4) is 0 Å². The monoisotopic (exact) mass is 472 g/mol. The molecule has 0 saturated heterocycles. The van der Waals surface area contributed by atoms with Gasteiger partial charge in [0, 0.05) is 24.0 Å². The van der Waals surface area contributed by atoms with Gasteiger partial charge < -0.3 is 25.2 Å². The minimum absolute atomic E-state index is 0.0537. The van der Waals surface area contributed by atoms with Gasteiger partial charge in [-0.3, -0.25) is 0 Å². The third-order valence-electron chi connectivity index (χ3n) is 2.40. The highest BCUT2D eigenvalue weighted by Crippen LogP contribution is 2.07. The van der Waals surface area contributed by atoms with Crippen molar-refractivity contribution in [1.82, 2.24) is 10.6 Å². The third-order valence-corrected chi connectivity index (χ3v) is 3.12. The van der Waals surface area contributed by atoms with Crippen LogP contribution < -0.4 is 10.6 Å². The van der Waals surface area contributed by atoms with Gasteiger partial charge in [0.2, 0.25) is 0 Å². The summed E-state index contributed by atoms with van der Waals surface area (Å²) in [4.78, 5) is 22.1. The van der Waals surface area contributed by atoms with Crippen LogP contribution in [-0.2, 0) is 9.47 Å². The average molecular weight is 473 g/mol. The van der Waals surface area contributed by atoms with Gasteiger partial charge in [0.05, 0.1) is 19.3 Å². The lowest BCUT2D eigenvalue weighted by atomic mass is 10.2. The molecule has 0 fully saturated rings. The highest BCUT2D eigenvalue weighted by atomic mass is 79.9. The van der Waals surface area contributed by atoms with Gasteiger partial charge in [-0.15, -0.1) is 0 Å². The van der Waals surface area contributed by atoms with Crippen LogP contribution in [0.3, 0.4) is 0 Å². The Morgan fingerprint density at radius 3 is 1.50 bits per heavy atom. The van der Waals surface area contributed by atoms with E-state index in [1.54, 1.807) is 41.5 Å². The molecule has 0 radical (unpaired) electrons. The SMILES string of the molecule is CC(C)(C)OC(=O)NC/C(=C\F)CBr.CC(C)(C)OC(=O)NC/C(=C\F)CO. The maximum atomic E-state index is 12.1. The third kappa shape index (κ3) is 19.1. The standard InChI is InChI=1S/C9H15BrFNO2.C9H16FNO3/c1-9(2,3)14-8(13)12-6-7(4-10)5-11;1-9(2,3)14-8(13)11-5-7(4-10)6-12/h5H,4,6H2,1-3H3,(H,12,13);4,12H,5-6H2,1-3H3,(H,11,13)/b7-5-;7-4+. The van der Waals surface area contributed by atoms with Gasteiger partial charge in [-0.2, -0.15) is 0 Å². The quantitative estimate of drug-likeness (QED) is 0.505. The summed E-state index contributed by atoms with van der Waals surface area (Å²) in [5.74, 6) is 0. The van der Waals surface area contributed by atoms with E-state index in [0.29, 0.717) is 17.2 Å². The van der Waals surface area contributed by atoms with E-state index >= 15 is 0 Å². The summed E-state index contributed by atoms with van der Waals surface area (Å²) < 4.78 is 33.9. The van der Waals surface area contributed by atoms with Crippen molar-refractivity contribution in [2.75, 3.05) is 25.0 Å². The van der Waals surface area contributed by atoms with Crippen molar-refractivity contribution in [3.05, 3.63) is 23.8 Å². The zero-order valence-corrected chi connectivity index (χ0v) is 18.8.